The number of nitrogens with zero attached hydrogens (tertiary/aromatic N) is 3. The van der Waals surface area contributed by atoms with E-state index in [-0.39, 0.29) is 42.0 Å². The molecule has 6 heteroatoms. The molecule has 1 aromatic heterocycles. The standard InChI is InChI=1S/C25H31N3O3/c1-4-14-27-22-19(20(16-29)23(27)25(31)26(2)3)15-28-21(22)13-12-18(24(28)30)11-10-17-8-6-5-7-9-17/h5-13,19-20,22-23,29H,4,14-16H2,1-3H3/b11-10+/t19-,20-,22+,23-/m1/s1. The highest BCUT2D eigenvalue weighted by molar-refractivity contribution is 5.82. The molecule has 0 radical (unpaired) electrons. The van der Waals surface area contributed by atoms with E-state index >= 15 is 0 Å². The molecule has 1 saturated heterocycles. The van der Waals surface area contributed by atoms with Crippen LogP contribution in [0.5, 0.6) is 0 Å². The van der Waals surface area contributed by atoms with Crippen LogP contribution in [0.3, 0.4) is 0 Å². The zero-order chi connectivity index (χ0) is 22.1. The Morgan fingerprint density at radius 1 is 1.16 bits per heavy atom. The monoisotopic (exact) mass is 421 g/mol. The van der Waals surface area contributed by atoms with Gasteiger partial charge in [0.15, 0.2) is 0 Å². The Morgan fingerprint density at radius 2 is 1.90 bits per heavy atom. The topological polar surface area (TPSA) is 65.8 Å². The summed E-state index contributed by atoms with van der Waals surface area (Å²) in [6, 6.07) is 13.4. The van der Waals surface area contributed by atoms with E-state index in [4.69, 9.17) is 0 Å². The Kier molecular flexibility index (Phi) is 6.12. The molecule has 4 rings (SSSR count). The van der Waals surface area contributed by atoms with Crippen LogP contribution in [-0.4, -0.2) is 58.7 Å². The number of fused-ring (bicyclic) bond motifs is 3. The third-order valence-corrected chi connectivity index (χ3v) is 6.65. The van der Waals surface area contributed by atoms with Crippen molar-refractivity contribution in [1.29, 1.82) is 0 Å². The zero-order valence-corrected chi connectivity index (χ0v) is 18.4. The van der Waals surface area contributed by atoms with Gasteiger partial charge in [-0.25, -0.2) is 0 Å². The minimum Gasteiger partial charge on any atom is -0.396 e. The van der Waals surface area contributed by atoms with Crippen molar-refractivity contribution in [3.8, 4) is 0 Å². The molecule has 0 aliphatic carbocycles. The number of hydrogen-bond donors (Lipinski definition) is 1. The molecule has 164 valence electrons. The number of carbonyl (C=O) groups is 1. The summed E-state index contributed by atoms with van der Waals surface area (Å²) in [5.41, 5.74) is 2.63. The zero-order valence-electron chi connectivity index (χ0n) is 18.4. The van der Waals surface area contributed by atoms with Crippen LogP contribution >= 0.6 is 0 Å². The Hall–Kier alpha value is -2.70. The van der Waals surface area contributed by atoms with E-state index in [1.165, 1.54) is 0 Å². The molecule has 1 fully saturated rings. The molecule has 2 aromatic rings. The van der Waals surface area contributed by atoms with Gasteiger partial charge in [0.05, 0.1) is 12.1 Å². The number of hydrogen-bond acceptors (Lipinski definition) is 4. The van der Waals surface area contributed by atoms with Gasteiger partial charge in [-0.1, -0.05) is 43.3 Å². The number of benzene rings is 1. The molecule has 0 saturated carbocycles. The van der Waals surface area contributed by atoms with Crippen molar-refractivity contribution in [2.45, 2.75) is 32.0 Å². The summed E-state index contributed by atoms with van der Waals surface area (Å²) in [7, 11) is 3.53. The lowest BCUT2D eigenvalue weighted by Gasteiger charge is -2.32. The second-order valence-electron chi connectivity index (χ2n) is 8.74. The van der Waals surface area contributed by atoms with Gasteiger partial charge < -0.3 is 14.6 Å². The predicted octanol–water partition coefficient (Wildman–Crippen LogP) is 2.48. The van der Waals surface area contributed by atoms with Gasteiger partial charge >= 0.3 is 0 Å². The molecular formula is C25H31N3O3. The number of likely N-dealkylation sites (tertiary alicyclic amines) is 1. The molecule has 1 amide bonds. The summed E-state index contributed by atoms with van der Waals surface area (Å²) in [5, 5.41) is 10.2. The third kappa shape index (κ3) is 3.75. The maximum Gasteiger partial charge on any atom is 0.258 e. The molecule has 0 spiro atoms. The van der Waals surface area contributed by atoms with E-state index in [9.17, 15) is 14.7 Å². The lowest BCUT2D eigenvalue weighted by molar-refractivity contribution is -0.135. The summed E-state index contributed by atoms with van der Waals surface area (Å²) in [6.45, 7) is 3.33. The number of carbonyl (C=O) groups excluding carboxylic acids is 1. The predicted molar refractivity (Wildman–Crippen MR) is 122 cm³/mol. The highest BCUT2D eigenvalue weighted by Crippen LogP contribution is 2.49. The summed E-state index contributed by atoms with van der Waals surface area (Å²) < 4.78 is 1.85. The van der Waals surface area contributed by atoms with Crippen molar-refractivity contribution in [2.75, 3.05) is 27.2 Å². The van der Waals surface area contributed by atoms with Gasteiger partial charge in [0.2, 0.25) is 5.91 Å². The van der Waals surface area contributed by atoms with Crippen molar-refractivity contribution >= 4 is 18.1 Å². The van der Waals surface area contributed by atoms with E-state index in [0.29, 0.717) is 12.1 Å². The Bertz CT molecular complexity index is 1030. The number of aromatic nitrogens is 1. The maximum absolute atomic E-state index is 13.3. The highest BCUT2D eigenvalue weighted by atomic mass is 16.3. The van der Waals surface area contributed by atoms with Crippen LogP contribution in [0.15, 0.2) is 47.3 Å². The van der Waals surface area contributed by atoms with Crippen LogP contribution in [-0.2, 0) is 11.3 Å². The fraction of sp³-hybridized carbons (Fsp3) is 0.440. The average molecular weight is 422 g/mol. The first-order chi connectivity index (χ1) is 15.0. The number of pyridine rings is 1. The van der Waals surface area contributed by atoms with E-state index in [2.05, 4.69) is 11.8 Å². The second-order valence-corrected chi connectivity index (χ2v) is 8.74. The highest BCUT2D eigenvalue weighted by Gasteiger charge is 2.55. The maximum atomic E-state index is 13.3. The van der Waals surface area contributed by atoms with E-state index in [1.807, 2.05) is 59.2 Å². The largest absolute Gasteiger partial charge is 0.396 e. The van der Waals surface area contributed by atoms with Crippen LogP contribution in [0.2, 0.25) is 0 Å². The first-order valence-electron chi connectivity index (χ1n) is 11.0. The number of aliphatic hydroxyl groups excluding tert-OH is 1. The smallest absolute Gasteiger partial charge is 0.258 e. The minimum atomic E-state index is -0.351. The number of rotatable bonds is 6. The molecular weight excluding hydrogens is 390 g/mol. The fourth-order valence-corrected chi connectivity index (χ4v) is 5.26. The van der Waals surface area contributed by atoms with Crippen LogP contribution in [0.1, 0.15) is 36.2 Å². The Morgan fingerprint density at radius 3 is 2.55 bits per heavy atom. The quantitative estimate of drug-likeness (QED) is 0.778. The summed E-state index contributed by atoms with van der Waals surface area (Å²) in [6.07, 6.45) is 4.72. The summed E-state index contributed by atoms with van der Waals surface area (Å²) in [5.74, 6) is -0.112. The van der Waals surface area contributed by atoms with E-state index in [1.54, 1.807) is 19.0 Å². The van der Waals surface area contributed by atoms with Crippen molar-refractivity contribution in [1.82, 2.24) is 14.4 Å². The lowest BCUT2D eigenvalue weighted by atomic mass is 9.88. The van der Waals surface area contributed by atoms with Gasteiger partial charge in [0.25, 0.3) is 5.56 Å². The van der Waals surface area contributed by atoms with Crippen molar-refractivity contribution < 1.29 is 9.90 Å². The molecule has 2 aliphatic heterocycles. The van der Waals surface area contributed by atoms with Crippen LogP contribution in [0.4, 0.5) is 0 Å². The fourth-order valence-electron chi connectivity index (χ4n) is 5.26. The molecule has 1 aromatic carbocycles. The molecule has 4 atom stereocenters. The second kappa shape index (κ2) is 8.81. The van der Waals surface area contributed by atoms with Gasteiger partial charge in [-0.15, -0.1) is 0 Å². The minimum absolute atomic E-state index is 0.0114. The van der Waals surface area contributed by atoms with Gasteiger partial charge in [-0.2, -0.15) is 0 Å². The normalized spacial score (nSPS) is 25.0. The Labute approximate surface area is 183 Å². The SMILES string of the molecule is CCCN1[C@@H]2c3ccc(/C=C/c4ccccc4)c(=O)n3C[C@@H]2[C@@H](CO)[C@@H]1C(=O)N(C)C. The van der Waals surface area contributed by atoms with Crippen LogP contribution in [0.25, 0.3) is 12.2 Å². The molecule has 31 heavy (non-hydrogen) atoms. The van der Waals surface area contributed by atoms with Gasteiger partial charge in [0.1, 0.15) is 0 Å². The van der Waals surface area contributed by atoms with E-state index < -0.39 is 0 Å². The Balaban J connectivity index is 1.71. The van der Waals surface area contributed by atoms with Crippen LogP contribution < -0.4 is 5.56 Å². The van der Waals surface area contributed by atoms with Crippen LogP contribution in [0, 0.1) is 11.8 Å². The number of aliphatic hydroxyl groups is 1. The molecule has 0 unspecified atom stereocenters. The molecule has 2 aliphatic rings. The first-order valence-corrected chi connectivity index (χ1v) is 11.0. The lowest BCUT2D eigenvalue weighted by Crippen LogP contribution is -2.48. The summed E-state index contributed by atoms with van der Waals surface area (Å²) in [4.78, 5) is 30.1. The summed E-state index contributed by atoms with van der Waals surface area (Å²) >= 11 is 0. The van der Waals surface area contributed by atoms with Crippen molar-refractivity contribution in [3.63, 3.8) is 0 Å². The average Bonchev–Trinajstić information content (AvgIpc) is 3.29. The van der Waals surface area contributed by atoms with E-state index in [0.717, 1.165) is 24.2 Å². The van der Waals surface area contributed by atoms with Gasteiger partial charge in [-0.05, 0) is 36.7 Å². The number of likely N-dealkylation sites (N-methyl/N-ethyl adjacent to an activating group) is 1. The molecule has 1 N–H and O–H groups in total. The molecule has 3 heterocycles. The van der Waals surface area contributed by atoms with Crippen molar-refractivity contribution in [3.05, 3.63) is 69.6 Å². The van der Waals surface area contributed by atoms with Crippen molar-refractivity contribution in [2.24, 2.45) is 11.8 Å². The van der Waals surface area contributed by atoms with Gasteiger partial charge in [-0.3, -0.25) is 14.5 Å². The number of amides is 1. The van der Waals surface area contributed by atoms with Gasteiger partial charge in [0, 0.05) is 50.3 Å². The molecule has 0 bridgehead atoms. The molecule has 6 nitrogen and oxygen atoms in total. The third-order valence-electron chi connectivity index (χ3n) is 6.65. The first kappa shape index (κ1) is 21.5.